The Morgan fingerprint density at radius 2 is 2.14 bits per heavy atom. The molecule has 0 bridgehead atoms. The van der Waals surface area contributed by atoms with Gasteiger partial charge in [0, 0.05) is 22.8 Å². The number of hydrogen-bond acceptors (Lipinski definition) is 2. The molecule has 0 aliphatic heterocycles. The van der Waals surface area contributed by atoms with Gasteiger partial charge in [-0.05, 0) is 26.1 Å². The minimum atomic E-state index is -0.534. The Kier molecular flexibility index (Phi) is 4.35. The van der Waals surface area contributed by atoms with Gasteiger partial charge in [0.2, 0.25) is 0 Å². The summed E-state index contributed by atoms with van der Waals surface area (Å²) >= 11 is 1.38. The standard InChI is InChI=1S/C10H13F2NS/c1-7(13-2)6-14-10-4-3-8(11)5-9(10)12/h3-5,7,13H,6H2,1-2H3. The van der Waals surface area contributed by atoms with Crippen LogP contribution >= 0.6 is 11.8 Å². The number of thioether (sulfide) groups is 1. The third-order valence-corrected chi connectivity index (χ3v) is 3.18. The van der Waals surface area contributed by atoms with Crippen molar-refractivity contribution in [3.63, 3.8) is 0 Å². The van der Waals surface area contributed by atoms with Gasteiger partial charge >= 0.3 is 0 Å². The molecule has 0 aliphatic carbocycles. The molecule has 0 saturated carbocycles. The fraction of sp³-hybridized carbons (Fsp3) is 0.400. The lowest BCUT2D eigenvalue weighted by molar-refractivity contribution is 0.565. The fourth-order valence-corrected chi connectivity index (χ4v) is 1.85. The molecule has 1 N–H and O–H groups in total. The minimum absolute atomic E-state index is 0.310. The average Bonchev–Trinajstić information content (AvgIpc) is 2.16. The van der Waals surface area contributed by atoms with Gasteiger partial charge in [-0.25, -0.2) is 8.78 Å². The first-order valence-corrected chi connectivity index (χ1v) is 5.37. The molecule has 1 rings (SSSR count). The maximum Gasteiger partial charge on any atom is 0.139 e. The van der Waals surface area contributed by atoms with Crippen molar-refractivity contribution < 1.29 is 8.78 Å². The molecule has 78 valence electrons. The Balaban J connectivity index is 2.59. The monoisotopic (exact) mass is 217 g/mol. The summed E-state index contributed by atoms with van der Waals surface area (Å²) in [7, 11) is 1.85. The molecule has 0 spiro atoms. The van der Waals surface area contributed by atoms with Crippen molar-refractivity contribution in [2.24, 2.45) is 0 Å². The van der Waals surface area contributed by atoms with Crippen molar-refractivity contribution in [1.29, 1.82) is 0 Å². The first kappa shape index (κ1) is 11.5. The third-order valence-electron chi connectivity index (χ3n) is 1.88. The summed E-state index contributed by atoms with van der Waals surface area (Å²) in [6.45, 7) is 2.01. The van der Waals surface area contributed by atoms with E-state index in [1.807, 2.05) is 14.0 Å². The van der Waals surface area contributed by atoms with Gasteiger partial charge in [-0.1, -0.05) is 0 Å². The zero-order valence-electron chi connectivity index (χ0n) is 8.18. The Bertz CT molecular complexity index is 304. The van der Waals surface area contributed by atoms with E-state index in [0.717, 1.165) is 11.8 Å². The van der Waals surface area contributed by atoms with Gasteiger partial charge in [0.25, 0.3) is 0 Å². The summed E-state index contributed by atoms with van der Waals surface area (Å²) in [6, 6.07) is 3.96. The topological polar surface area (TPSA) is 12.0 Å². The third kappa shape index (κ3) is 3.27. The molecule has 0 saturated heterocycles. The van der Waals surface area contributed by atoms with Crippen molar-refractivity contribution >= 4 is 11.8 Å². The molecule has 0 amide bonds. The summed E-state index contributed by atoms with van der Waals surface area (Å²) in [5.74, 6) is -0.259. The van der Waals surface area contributed by atoms with Crippen LogP contribution in [0.1, 0.15) is 6.92 Å². The van der Waals surface area contributed by atoms with Crippen molar-refractivity contribution in [2.75, 3.05) is 12.8 Å². The van der Waals surface area contributed by atoms with Crippen LogP contribution in [0.3, 0.4) is 0 Å². The van der Waals surface area contributed by atoms with E-state index in [4.69, 9.17) is 0 Å². The van der Waals surface area contributed by atoms with Gasteiger partial charge in [0.05, 0.1) is 0 Å². The van der Waals surface area contributed by atoms with Crippen LogP contribution in [0.15, 0.2) is 23.1 Å². The van der Waals surface area contributed by atoms with Crippen molar-refractivity contribution in [3.05, 3.63) is 29.8 Å². The molecular weight excluding hydrogens is 204 g/mol. The van der Waals surface area contributed by atoms with E-state index in [1.165, 1.54) is 23.9 Å². The van der Waals surface area contributed by atoms with Crippen LogP contribution in [0.2, 0.25) is 0 Å². The quantitative estimate of drug-likeness (QED) is 0.778. The van der Waals surface area contributed by atoms with Crippen LogP contribution in [0, 0.1) is 11.6 Å². The molecule has 1 unspecified atom stereocenters. The highest BCUT2D eigenvalue weighted by Crippen LogP contribution is 2.22. The van der Waals surface area contributed by atoms with E-state index in [2.05, 4.69) is 5.32 Å². The molecule has 0 heterocycles. The van der Waals surface area contributed by atoms with Crippen LogP contribution < -0.4 is 5.32 Å². The van der Waals surface area contributed by atoms with Gasteiger partial charge in [0.1, 0.15) is 11.6 Å². The lowest BCUT2D eigenvalue weighted by Crippen LogP contribution is -2.23. The van der Waals surface area contributed by atoms with Crippen LogP contribution in [0.25, 0.3) is 0 Å². The normalized spacial score (nSPS) is 12.9. The van der Waals surface area contributed by atoms with Crippen LogP contribution in [-0.4, -0.2) is 18.8 Å². The Morgan fingerprint density at radius 3 is 2.71 bits per heavy atom. The molecule has 4 heteroatoms. The summed E-state index contributed by atoms with van der Waals surface area (Å²) < 4.78 is 25.7. The van der Waals surface area contributed by atoms with Crippen LogP contribution in [-0.2, 0) is 0 Å². The minimum Gasteiger partial charge on any atom is -0.316 e. The van der Waals surface area contributed by atoms with E-state index >= 15 is 0 Å². The molecule has 1 nitrogen and oxygen atoms in total. The maximum atomic E-state index is 13.1. The van der Waals surface area contributed by atoms with Gasteiger partial charge in [-0.2, -0.15) is 0 Å². The second-order valence-corrected chi connectivity index (χ2v) is 4.14. The average molecular weight is 217 g/mol. The number of benzene rings is 1. The molecule has 0 aliphatic rings. The van der Waals surface area contributed by atoms with Gasteiger partial charge in [0.15, 0.2) is 0 Å². The highest BCUT2D eigenvalue weighted by molar-refractivity contribution is 7.99. The number of halogens is 2. The second kappa shape index (κ2) is 5.32. The Hall–Kier alpha value is -0.610. The zero-order chi connectivity index (χ0) is 10.6. The fourth-order valence-electron chi connectivity index (χ4n) is 0.890. The SMILES string of the molecule is CNC(C)CSc1ccc(F)cc1F. The van der Waals surface area contributed by atoms with E-state index < -0.39 is 11.6 Å². The Labute approximate surface area is 86.9 Å². The van der Waals surface area contributed by atoms with Gasteiger partial charge in [-0.15, -0.1) is 11.8 Å². The summed E-state index contributed by atoms with van der Waals surface area (Å²) in [6.07, 6.45) is 0. The molecule has 14 heavy (non-hydrogen) atoms. The Morgan fingerprint density at radius 1 is 1.43 bits per heavy atom. The first-order chi connectivity index (χ1) is 6.63. The lowest BCUT2D eigenvalue weighted by atomic mass is 10.3. The first-order valence-electron chi connectivity index (χ1n) is 4.38. The van der Waals surface area contributed by atoms with Crippen LogP contribution in [0.5, 0.6) is 0 Å². The van der Waals surface area contributed by atoms with Crippen molar-refractivity contribution in [1.82, 2.24) is 5.32 Å². The molecule has 1 aromatic carbocycles. The number of nitrogens with one attached hydrogen (secondary N) is 1. The summed E-state index contributed by atoms with van der Waals surface area (Å²) in [4.78, 5) is 0.494. The highest BCUT2D eigenvalue weighted by atomic mass is 32.2. The second-order valence-electron chi connectivity index (χ2n) is 3.08. The van der Waals surface area contributed by atoms with E-state index in [-0.39, 0.29) is 0 Å². The largest absolute Gasteiger partial charge is 0.316 e. The lowest BCUT2D eigenvalue weighted by Gasteiger charge is -2.09. The molecule has 0 fully saturated rings. The smallest absolute Gasteiger partial charge is 0.139 e. The van der Waals surface area contributed by atoms with Crippen LogP contribution in [0.4, 0.5) is 8.78 Å². The van der Waals surface area contributed by atoms with Gasteiger partial charge in [-0.3, -0.25) is 0 Å². The van der Waals surface area contributed by atoms with E-state index in [9.17, 15) is 8.78 Å². The molecular formula is C10H13F2NS. The van der Waals surface area contributed by atoms with E-state index in [0.29, 0.717) is 10.9 Å². The van der Waals surface area contributed by atoms with E-state index in [1.54, 1.807) is 0 Å². The molecule has 0 radical (unpaired) electrons. The molecule has 1 aromatic rings. The molecule has 1 atom stereocenters. The van der Waals surface area contributed by atoms with Crippen molar-refractivity contribution in [2.45, 2.75) is 17.9 Å². The highest BCUT2D eigenvalue weighted by Gasteiger charge is 2.05. The zero-order valence-corrected chi connectivity index (χ0v) is 9.00. The maximum absolute atomic E-state index is 13.1. The molecule has 0 aromatic heterocycles. The van der Waals surface area contributed by atoms with Crippen molar-refractivity contribution in [3.8, 4) is 0 Å². The summed E-state index contributed by atoms with van der Waals surface area (Å²) in [5.41, 5.74) is 0. The predicted octanol–water partition coefficient (Wildman–Crippen LogP) is 2.66. The summed E-state index contributed by atoms with van der Waals surface area (Å²) in [5, 5.41) is 3.05. The number of rotatable bonds is 4. The van der Waals surface area contributed by atoms with Gasteiger partial charge < -0.3 is 5.32 Å². The predicted molar refractivity (Wildman–Crippen MR) is 55.6 cm³/mol. The number of hydrogen-bond donors (Lipinski definition) is 1.